The number of rotatable bonds is 8. The predicted molar refractivity (Wildman–Crippen MR) is 113 cm³/mol. The molecule has 0 aliphatic heterocycles. The molecule has 0 spiro atoms. The normalized spacial score (nSPS) is 11.2. The zero-order chi connectivity index (χ0) is 20.9. The fourth-order valence-corrected chi connectivity index (χ4v) is 3.53. The number of nitrogens with one attached hydrogen (secondary N) is 1. The molecule has 2 rings (SSSR count). The van der Waals surface area contributed by atoms with Crippen molar-refractivity contribution in [1.29, 1.82) is 0 Å². The highest BCUT2D eigenvalue weighted by Gasteiger charge is 2.21. The Morgan fingerprint density at radius 3 is 2.32 bits per heavy atom. The third kappa shape index (κ3) is 5.99. The van der Waals surface area contributed by atoms with Crippen molar-refractivity contribution in [3.63, 3.8) is 0 Å². The number of nitrogens with zero attached hydrogens (tertiary/aromatic N) is 1. The van der Waals surface area contributed by atoms with Gasteiger partial charge in [0.05, 0.1) is 18.5 Å². The van der Waals surface area contributed by atoms with Crippen LogP contribution in [-0.2, 0) is 14.8 Å². The van der Waals surface area contributed by atoms with Crippen LogP contribution in [0.2, 0.25) is 0 Å². The van der Waals surface area contributed by atoms with E-state index in [0.29, 0.717) is 12.3 Å². The number of hydrogen-bond donors (Lipinski definition) is 1. The molecule has 2 aromatic rings. The van der Waals surface area contributed by atoms with E-state index in [1.165, 1.54) is 0 Å². The Labute approximate surface area is 167 Å². The lowest BCUT2D eigenvalue weighted by Crippen LogP contribution is -2.41. The SMILES string of the molecule is Cc1ccc(C)c(OCCNC(=O)CN(c2ccc(C)c(C)c2)S(C)(=O)=O)c1. The summed E-state index contributed by atoms with van der Waals surface area (Å²) in [4.78, 5) is 12.3. The predicted octanol–water partition coefficient (Wildman–Crippen LogP) is 2.88. The highest BCUT2D eigenvalue weighted by molar-refractivity contribution is 7.92. The molecule has 0 fully saturated rings. The van der Waals surface area contributed by atoms with Gasteiger partial charge >= 0.3 is 0 Å². The van der Waals surface area contributed by atoms with E-state index in [-0.39, 0.29) is 19.0 Å². The summed E-state index contributed by atoms with van der Waals surface area (Å²) in [6.07, 6.45) is 1.10. The summed E-state index contributed by atoms with van der Waals surface area (Å²) in [7, 11) is -3.59. The van der Waals surface area contributed by atoms with E-state index in [1.807, 2.05) is 52.0 Å². The molecule has 0 saturated heterocycles. The minimum Gasteiger partial charge on any atom is -0.491 e. The summed E-state index contributed by atoms with van der Waals surface area (Å²) in [5.41, 5.74) is 4.63. The monoisotopic (exact) mass is 404 g/mol. The summed E-state index contributed by atoms with van der Waals surface area (Å²) in [6.45, 7) is 8.12. The fraction of sp³-hybridized carbons (Fsp3) is 0.381. The van der Waals surface area contributed by atoms with Gasteiger partial charge in [0.1, 0.15) is 18.9 Å². The van der Waals surface area contributed by atoms with Gasteiger partial charge in [-0.1, -0.05) is 18.2 Å². The molecule has 0 saturated carbocycles. The Hall–Kier alpha value is -2.54. The van der Waals surface area contributed by atoms with Crippen molar-refractivity contribution in [3.05, 3.63) is 58.7 Å². The molecular formula is C21H28N2O4S. The first-order chi connectivity index (χ1) is 13.1. The Morgan fingerprint density at radius 1 is 1.00 bits per heavy atom. The second-order valence-corrected chi connectivity index (χ2v) is 8.91. The molecule has 0 aliphatic carbocycles. The Morgan fingerprint density at radius 2 is 1.68 bits per heavy atom. The van der Waals surface area contributed by atoms with Crippen LogP contribution in [0.3, 0.4) is 0 Å². The summed E-state index contributed by atoms with van der Waals surface area (Å²) < 4.78 is 31.2. The number of carbonyl (C=O) groups is 1. The van der Waals surface area contributed by atoms with E-state index >= 15 is 0 Å². The first-order valence-electron chi connectivity index (χ1n) is 9.09. The van der Waals surface area contributed by atoms with E-state index in [1.54, 1.807) is 12.1 Å². The third-order valence-electron chi connectivity index (χ3n) is 4.49. The van der Waals surface area contributed by atoms with Gasteiger partial charge in [0.15, 0.2) is 0 Å². The fourth-order valence-electron chi connectivity index (χ4n) is 2.68. The Kier molecular flexibility index (Phi) is 7.07. The molecule has 0 aliphatic rings. The maximum absolute atomic E-state index is 12.3. The van der Waals surface area contributed by atoms with Crippen LogP contribution in [-0.4, -0.2) is 40.3 Å². The number of amides is 1. The van der Waals surface area contributed by atoms with Crippen LogP contribution in [0.1, 0.15) is 22.3 Å². The highest BCUT2D eigenvalue weighted by Crippen LogP contribution is 2.21. The number of sulfonamides is 1. The van der Waals surface area contributed by atoms with Crippen LogP contribution >= 0.6 is 0 Å². The molecule has 0 radical (unpaired) electrons. The smallest absolute Gasteiger partial charge is 0.240 e. The van der Waals surface area contributed by atoms with E-state index in [4.69, 9.17) is 4.74 Å². The first-order valence-corrected chi connectivity index (χ1v) is 10.9. The van der Waals surface area contributed by atoms with Gasteiger partial charge in [-0.25, -0.2) is 8.42 Å². The quantitative estimate of drug-likeness (QED) is 0.687. The molecule has 152 valence electrons. The topological polar surface area (TPSA) is 75.7 Å². The largest absolute Gasteiger partial charge is 0.491 e. The lowest BCUT2D eigenvalue weighted by atomic mass is 10.1. The minimum absolute atomic E-state index is 0.273. The molecule has 2 aromatic carbocycles. The molecule has 1 amide bonds. The average Bonchev–Trinajstić information content (AvgIpc) is 2.61. The van der Waals surface area contributed by atoms with Crippen LogP contribution in [0.25, 0.3) is 0 Å². The standard InChI is InChI=1S/C21H28N2O4S/c1-15-6-7-17(3)20(12-15)27-11-10-22-21(24)14-23(28(5,25)26)19-9-8-16(2)18(4)13-19/h6-9,12-13H,10-11,14H2,1-5H3,(H,22,24). The van der Waals surface area contributed by atoms with Gasteiger partial charge in [-0.15, -0.1) is 0 Å². The maximum Gasteiger partial charge on any atom is 0.240 e. The van der Waals surface area contributed by atoms with Gasteiger partial charge in [0, 0.05) is 0 Å². The van der Waals surface area contributed by atoms with Crippen LogP contribution in [0, 0.1) is 27.7 Å². The van der Waals surface area contributed by atoms with E-state index in [2.05, 4.69) is 5.32 Å². The third-order valence-corrected chi connectivity index (χ3v) is 5.63. The van der Waals surface area contributed by atoms with Crippen molar-refractivity contribution in [3.8, 4) is 5.75 Å². The number of ether oxygens (including phenoxy) is 1. The lowest BCUT2D eigenvalue weighted by Gasteiger charge is -2.22. The zero-order valence-corrected chi connectivity index (χ0v) is 17.9. The average molecular weight is 405 g/mol. The summed E-state index contributed by atoms with van der Waals surface area (Å²) in [5.74, 6) is 0.398. The van der Waals surface area contributed by atoms with Crippen molar-refractivity contribution in [2.75, 3.05) is 30.3 Å². The van der Waals surface area contributed by atoms with Crippen LogP contribution in [0.15, 0.2) is 36.4 Å². The molecule has 0 unspecified atom stereocenters. The van der Waals surface area contributed by atoms with E-state index in [0.717, 1.165) is 38.6 Å². The molecule has 0 heterocycles. The van der Waals surface area contributed by atoms with Gasteiger partial charge < -0.3 is 10.1 Å². The first kappa shape index (κ1) is 21.8. The Bertz CT molecular complexity index is 955. The Balaban J connectivity index is 1.95. The van der Waals surface area contributed by atoms with Crippen molar-refractivity contribution in [1.82, 2.24) is 5.32 Å². The molecule has 6 nitrogen and oxygen atoms in total. The molecule has 0 atom stereocenters. The molecule has 0 bridgehead atoms. The van der Waals surface area contributed by atoms with E-state index < -0.39 is 10.0 Å². The van der Waals surface area contributed by atoms with Crippen LogP contribution in [0.4, 0.5) is 5.69 Å². The van der Waals surface area contributed by atoms with Gasteiger partial charge in [0.2, 0.25) is 15.9 Å². The van der Waals surface area contributed by atoms with Crippen molar-refractivity contribution >= 4 is 21.6 Å². The van der Waals surface area contributed by atoms with Gasteiger partial charge in [0.25, 0.3) is 0 Å². The van der Waals surface area contributed by atoms with Gasteiger partial charge in [-0.05, 0) is 68.1 Å². The summed E-state index contributed by atoms with van der Waals surface area (Å²) in [5, 5.41) is 2.72. The van der Waals surface area contributed by atoms with Crippen LogP contribution < -0.4 is 14.4 Å². The molecule has 28 heavy (non-hydrogen) atoms. The number of benzene rings is 2. The summed E-state index contributed by atoms with van der Waals surface area (Å²) >= 11 is 0. The molecule has 0 aromatic heterocycles. The number of hydrogen-bond acceptors (Lipinski definition) is 4. The number of anilines is 1. The minimum atomic E-state index is -3.59. The highest BCUT2D eigenvalue weighted by atomic mass is 32.2. The number of aryl methyl sites for hydroxylation is 4. The molecule has 7 heteroatoms. The molecule has 1 N–H and O–H groups in total. The second kappa shape index (κ2) is 9.10. The van der Waals surface area contributed by atoms with Gasteiger partial charge in [-0.2, -0.15) is 0 Å². The lowest BCUT2D eigenvalue weighted by molar-refractivity contribution is -0.119. The van der Waals surface area contributed by atoms with Crippen molar-refractivity contribution in [2.45, 2.75) is 27.7 Å². The molecular weight excluding hydrogens is 376 g/mol. The van der Waals surface area contributed by atoms with Crippen molar-refractivity contribution < 1.29 is 17.9 Å². The van der Waals surface area contributed by atoms with Gasteiger partial charge in [-0.3, -0.25) is 9.10 Å². The summed E-state index contributed by atoms with van der Waals surface area (Å²) in [6, 6.07) is 11.3. The van der Waals surface area contributed by atoms with Crippen LogP contribution in [0.5, 0.6) is 5.75 Å². The number of carbonyl (C=O) groups excluding carboxylic acids is 1. The maximum atomic E-state index is 12.3. The second-order valence-electron chi connectivity index (χ2n) is 7.01. The zero-order valence-electron chi connectivity index (χ0n) is 17.1. The van der Waals surface area contributed by atoms with Crippen molar-refractivity contribution in [2.24, 2.45) is 0 Å². The van der Waals surface area contributed by atoms with E-state index in [9.17, 15) is 13.2 Å².